The lowest BCUT2D eigenvalue weighted by Gasteiger charge is -2.34. The van der Waals surface area contributed by atoms with Crippen molar-refractivity contribution in [1.29, 1.82) is 0 Å². The first-order valence-corrected chi connectivity index (χ1v) is 9.84. The molecular weight excluding hydrogens is 482 g/mol. The third kappa shape index (κ3) is 7.81. The summed E-state index contributed by atoms with van der Waals surface area (Å²) in [5.41, 5.74) is 2.13. The van der Waals surface area contributed by atoms with Gasteiger partial charge in [-0.2, -0.15) is 0 Å². The number of hydrogen-bond acceptors (Lipinski definition) is 3. The molecular formula is C22H30FIN4O. The van der Waals surface area contributed by atoms with E-state index in [1.807, 2.05) is 24.3 Å². The van der Waals surface area contributed by atoms with Crippen LogP contribution in [0.2, 0.25) is 0 Å². The Hall–Kier alpha value is -1.87. The molecule has 0 amide bonds. The number of piperidine rings is 1. The van der Waals surface area contributed by atoms with E-state index < -0.39 is 0 Å². The van der Waals surface area contributed by atoms with Crippen molar-refractivity contribution in [1.82, 2.24) is 10.6 Å². The summed E-state index contributed by atoms with van der Waals surface area (Å²) < 4.78 is 19.1. The molecule has 7 heteroatoms. The Bertz CT molecular complexity index is 751. The highest BCUT2D eigenvalue weighted by Crippen LogP contribution is 2.20. The van der Waals surface area contributed by atoms with E-state index >= 15 is 0 Å². The highest BCUT2D eigenvalue weighted by molar-refractivity contribution is 14.0. The van der Waals surface area contributed by atoms with Crippen LogP contribution in [0.4, 0.5) is 10.1 Å². The molecule has 0 radical (unpaired) electrons. The largest absolute Gasteiger partial charge is 0.375 e. The Morgan fingerprint density at radius 2 is 1.90 bits per heavy atom. The fourth-order valence-electron chi connectivity index (χ4n) is 3.35. The highest BCUT2D eigenvalue weighted by atomic mass is 127. The Morgan fingerprint density at radius 3 is 2.59 bits per heavy atom. The minimum Gasteiger partial charge on any atom is -0.375 e. The van der Waals surface area contributed by atoms with Crippen LogP contribution < -0.4 is 15.5 Å². The standard InChI is InChI=1S/C22H29FN4O.HI/c1-24-22(25-12-15-28-17-18-6-3-2-4-7-18)26-20-10-13-27(14-11-20)21-9-5-8-19(23)16-21;/h2-9,16,20H,10-15,17H2,1H3,(H2,24,25,26);1H. The van der Waals surface area contributed by atoms with Gasteiger partial charge in [0, 0.05) is 38.4 Å². The molecule has 1 fully saturated rings. The van der Waals surface area contributed by atoms with E-state index in [4.69, 9.17) is 4.74 Å². The van der Waals surface area contributed by atoms with E-state index in [1.165, 1.54) is 11.6 Å². The predicted molar refractivity (Wildman–Crippen MR) is 128 cm³/mol. The first-order chi connectivity index (χ1) is 13.7. The maximum Gasteiger partial charge on any atom is 0.191 e. The van der Waals surface area contributed by atoms with Crippen LogP contribution in [0, 0.1) is 5.82 Å². The topological polar surface area (TPSA) is 48.9 Å². The first-order valence-electron chi connectivity index (χ1n) is 9.84. The molecule has 29 heavy (non-hydrogen) atoms. The van der Waals surface area contributed by atoms with E-state index in [0.717, 1.165) is 37.6 Å². The lowest BCUT2D eigenvalue weighted by atomic mass is 10.0. The van der Waals surface area contributed by atoms with E-state index in [-0.39, 0.29) is 29.8 Å². The minimum absolute atomic E-state index is 0. The molecule has 0 saturated carbocycles. The maximum atomic E-state index is 13.4. The van der Waals surface area contributed by atoms with Crippen molar-refractivity contribution in [3.8, 4) is 0 Å². The number of nitrogens with one attached hydrogen (secondary N) is 2. The van der Waals surface area contributed by atoms with E-state index in [0.29, 0.717) is 25.8 Å². The van der Waals surface area contributed by atoms with Crippen molar-refractivity contribution in [3.05, 3.63) is 66.0 Å². The highest BCUT2D eigenvalue weighted by Gasteiger charge is 2.20. The van der Waals surface area contributed by atoms with Crippen LogP contribution in [0.3, 0.4) is 0 Å². The van der Waals surface area contributed by atoms with Gasteiger partial charge in [-0.1, -0.05) is 36.4 Å². The van der Waals surface area contributed by atoms with Gasteiger partial charge in [-0.25, -0.2) is 4.39 Å². The summed E-state index contributed by atoms with van der Waals surface area (Å²) in [5, 5.41) is 6.78. The van der Waals surface area contributed by atoms with Crippen molar-refractivity contribution < 1.29 is 9.13 Å². The van der Waals surface area contributed by atoms with Crippen molar-refractivity contribution >= 4 is 35.6 Å². The molecule has 0 spiro atoms. The molecule has 2 aromatic rings. The zero-order valence-corrected chi connectivity index (χ0v) is 19.1. The van der Waals surface area contributed by atoms with Gasteiger partial charge < -0.3 is 20.3 Å². The van der Waals surface area contributed by atoms with Crippen molar-refractivity contribution in [2.45, 2.75) is 25.5 Å². The number of anilines is 1. The quantitative estimate of drug-likeness (QED) is 0.257. The van der Waals surface area contributed by atoms with Crippen LogP contribution in [0.5, 0.6) is 0 Å². The predicted octanol–water partition coefficient (Wildman–Crippen LogP) is 3.79. The third-order valence-corrected chi connectivity index (χ3v) is 4.88. The molecule has 0 unspecified atom stereocenters. The number of halogens is 2. The minimum atomic E-state index is -0.183. The van der Waals surface area contributed by atoms with Gasteiger partial charge in [0.05, 0.1) is 13.2 Å². The van der Waals surface area contributed by atoms with Crippen molar-refractivity contribution in [2.75, 3.05) is 38.2 Å². The van der Waals surface area contributed by atoms with Gasteiger partial charge in [0.1, 0.15) is 5.82 Å². The first kappa shape index (κ1) is 23.4. The molecule has 0 aliphatic carbocycles. The van der Waals surface area contributed by atoms with E-state index in [9.17, 15) is 4.39 Å². The molecule has 158 valence electrons. The van der Waals surface area contributed by atoms with Gasteiger partial charge in [0.2, 0.25) is 0 Å². The molecule has 5 nitrogen and oxygen atoms in total. The summed E-state index contributed by atoms with van der Waals surface area (Å²) in [6.07, 6.45) is 1.98. The SMILES string of the molecule is CN=C(NCCOCc1ccccc1)NC1CCN(c2cccc(F)c2)CC1.I. The number of aliphatic imine (C=N–C) groups is 1. The Balaban J connectivity index is 0.00000300. The number of ether oxygens (including phenoxy) is 1. The summed E-state index contributed by atoms with van der Waals surface area (Å²) in [6, 6.07) is 17.3. The zero-order valence-electron chi connectivity index (χ0n) is 16.8. The molecule has 0 atom stereocenters. The summed E-state index contributed by atoms with van der Waals surface area (Å²) in [7, 11) is 1.78. The van der Waals surface area contributed by atoms with E-state index in [1.54, 1.807) is 19.2 Å². The second kappa shape index (κ2) is 12.6. The molecule has 1 aliphatic heterocycles. The fourth-order valence-corrected chi connectivity index (χ4v) is 3.35. The van der Waals surface area contributed by atoms with Crippen LogP contribution in [0.15, 0.2) is 59.6 Å². The Morgan fingerprint density at radius 1 is 1.14 bits per heavy atom. The smallest absolute Gasteiger partial charge is 0.191 e. The van der Waals surface area contributed by atoms with Gasteiger partial charge >= 0.3 is 0 Å². The second-order valence-corrected chi connectivity index (χ2v) is 6.92. The molecule has 0 aromatic heterocycles. The van der Waals surface area contributed by atoms with Crippen molar-refractivity contribution in [2.24, 2.45) is 4.99 Å². The number of hydrogen-bond donors (Lipinski definition) is 2. The van der Waals surface area contributed by atoms with E-state index in [2.05, 4.69) is 32.7 Å². The molecule has 0 bridgehead atoms. The van der Waals surface area contributed by atoms with Gasteiger partial charge in [-0.3, -0.25) is 4.99 Å². The molecule has 1 saturated heterocycles. The van der Waals surface area contributed by atoms with Crippen molar-refractivity contribution in [3.63, 3.8) is 0 Å². The number of benzene rings is 2. The van der Waals surface area contributed by atoms with Gasteiger partial charge in [0.15, 0.2) is 5.96 Å². The number of guanidine groups is 1. The van der Waals surface area contributed by atoms with Gasteiger partial charge in [-0.05, 0) is 36.6 Å². The molecule has 2 aromatic carbocycles. The zero-order chi connectivity index (χ0) is 19.6. The summed E-state index contributed by atoms with van der Waals surface area (Å²) in [4.78, 5) is 6.53. The third-order valence-electron chi connectivity index (χ3n) is 4.88. The van der Waals surface area contributed by atoms with Gasteiger partial charge in [-0.15, -0.1) is 24.0 Å². The normalized spacial score (nSPS) is 15.0. The summed E-state index contributed by atoms with van der Waals surface area (Å²) in [5.74, 6) is 0.615. The second-order valence-electron chi connectivity index (χ2n) is 6.92. The average molecular weight is 512 g/mol. The number of rotatable bonds is 7. The molecule has 2 N–H and O–H groups in total. The maximum absolute atomic E-state index is 13.4. The Kier molecular flexibility index (Phi) is 10.2. The Labute approximate surface area is 189 Å². The summed E-state index contributed by atoms with van der Waals surface area (Å²) in [6.45, 7) is 3.74. The molecule has 1 heterocycles. The van der Waals surface area contributed by atoms with Gasteiger partial charge in [0.25, 0.3) is 0 Å². The number of nitrogens with zero attached hydrogens (tertiary/aromatic N) is 2. The lowest BCUT2D eigenvalue weighted by molar-refractivity contribution is 0.125. The van der Waals surface area contributed by atoms with Crippen LogP contribution >= 0.6 is 24.0 Å². The monoisotopic (exact) mass is 512 g/mol. The fraction of sp³-hybridized carbons (Fsp3) is 0.409. The molecule has 1 aliphatic rings. The molecule has 3 rings (SSSR count). The summed E-state index contributed by atoms with van der Waals surface area (Å²) >= 11 is 0. The van der Waals surface area contributed by atoms with Crippen LogP contribution in [0.1, 0.15) is 18.4 Å². The van der Waals surface area contributed by atoms with Crippen LogP contribution in [-0.4, -0.2) is 45.3 Å². The van der Waals surface area contributed by atoms with Crippen LogP contribution in [-0.2, 0) is 11.3 Å². The average Bonchev–Trinajstić information content (AvgIpc) is 2.74. The lowest BCUT2D eigenvalue weighted by Crippen LogP contribution is -2.49. The van der Waals surface area contributed by atoms with Crippen LogP contribution in [0.25, 0.3) is 0 Å².